The number of carbonyl (C=O) groups is 1. The van der Waals surface area contributed by atoms with E-state index in [1.54, 1.807) is 12.1 Å². The summed E-state index contributed by atoms with van der Waals surface area (Å²) in [6.45, 7) is 0.591. The van der Waals surface area contributed by atoms with Crippen molar-refractivity contribution in [1.82, 2.24) is 5.32 Å². The fourth-order valence-corrected chi connectivity index (χ4v) is 2.96. The third-order valence-corrected chi connectivity index (χ3v) is 4.26. The number of halogens is 2. The van der Waals surface area contributed by atoms with Crippen LogP contribution in [-0.2, 0) is 0 Å². The summed E-state index contributed by atoms with van der Waals surface area (Å²) in [5.74, 6) is 0.650. The zero-order valence-electron chi connectivity index (χ0n) is 11.1. The molecule has 2 aromatic rings. The third kappa shape index (κ3) is 3.06. The van der Waals surface area contributed by atoms with E-state index in [1.165, 1.54) is 0 Å². The van der Waals surface area contributed by atoms with Crippen molar-refractivity contribution in [3.63, 3.8) is 0 Å². The highest BCUT2D eigenvalue weighted by molar-refractivity contribution is 9.10. The predicted octanol–water partition coefficient (Wildman–Crippen LogP) is 4.36. The maximum Gasteiger partial charge on any atom is 0.253 e. The molecule has 0 radical (unpaired) electrons. The first-order valence-corrected chi connectivity index (χ1v) is 7.80. The molecule has 2 aromatic carbocycles. The topological polar surface area (TPSA) is 38.3 Å². The summed E-state index contributed by atoms with van der Waals surface area (Å²) in [5.41, 5.74) is 1.47. The Morgan fingerprint density at radius 3 is 2.95 bits per heavy atom. The molecule has 0 fully saturated rings. The molecule has 1 aliphatic heterocycles. The summed E-state index contributed by atoms with van der Waals surface area (Å²) in [6, 6.07) is 12.9. The van der Waals surface area contributed by atoms with E-state index in [0.29, 0.717) is 17.2 Å². The fraction of sp³-hybridized carbons (Fsp3) is 0.188. The molecule has 0 spiro atoms. The normalized spacial score (nSPS) is 16.8. The molecule has 0 aromatic heterocycles. The van der Waals surface area contributed by atoms with E-state index < -0.39 is 0 Å². The van der Waals surface area contributed by atoms with Crippen LogP contribution in [-0.4, -0.2) is 12.5 Å². The van der Waals surface area contributed by atoms with Gasteiger partial charge in [-0.2, -0.15) is 0 Å². The number of para-hydroxylation sites is 1. The minimum Gasteiger partial charge on any atom is -0.493 e. The van der Waals surface area contributed by atoms with Gasteiger partial charge in [0.05, 0.1) is 23.2 Å². The van der Waals surface area contributed by atoms with Gasteiger partial charge in [-0.05, 0) is 24.3 Å². The molecule has 5 heteroatoms. The number of nitrogens with one attached hydrogen (secondary N) is 1. The second-order valence-electron chi connectivity index (χ2n) is 4.83. The summed E-state index contributed by atoms with van der Waals surface area (Å²) in [7, 11) is 0. The number of hydrogen-bond donors (Lipinski definition) is 1. The van der Waals surface area contributed by atoms with Gasteiger partial charge in [0, 0.05) is 16.5 Å². The summed E-state index contributed by atoms with van der Waals surface area (Å²) in [5, 5.41) is 3.48. The van der Waals surface area contributed by atoms with Crippen LogP contribution in [0.3, 0.4) is 0 Å². The van der Waals surface area contributed by atoms with Gasteiger partial charge in [-0.1, -0.05) is 45.7 Å². The largest absolute Gasteiger partial charge is 0.493 e. The van der Waals surface area contributed by atoms with Crippen molar-refractivity contribution in [2.45, 2.75) is 12.5 Å². The van der Waals surface area contributed by atoms with Gasteiger partial charge >= 0.3 is 0 Å². The predicted molar refractivity (Wildman–Crippen MR) is 85.9 cm³/mol. The molecule has 1 N–H and O–H groups in total. The Morgan fingerprint density at radius 1 is 1.29 bits per heavy atom. The van der Waals surface area contributed by atoms with E-state index in [1.807, 2.05) is 30.3 Å². The molecule has 3 rings (SSSR count). The van der Waals surface area contributed by atoms with Crippen LogP contribution in [0.5, 0.6) is 5.75 Å². The summed E-state index contributed by atoms with van der Waals surface area (Å²) in [6.07, 6.45) is 0.744. The molecule has 21 heavy (non-hydrogen) atoms. The Bertz CT molecular complexity index is 690. The second kappa shape index (κ2) is 6.08. The number of hydrogen-bond acceptors (Lipinski definition) is 2. The molecule has 0 aliphatic carbocycles. The second-order valence-corrected chi connectivity index (χ2v) is 6.15. The Hall–Kier alpha value is -1.52. The fourth-order valence-electron chi connectivity index (χ4n) is 2.40. The molecular formula is C16H13BrClNO2. The molecule has 1 aliphatic rings. The minimum atomic E-state index is -0.178. The van der Waals surface area contributed by atoms with Gasteiger partial charge in [0.15, 0.2) is 0 Å². The molecule has 0 unspecified atom stereocenters. The average Bonchev–Trinajstić information content (AvgIpc) is 2.50. The van der Waals surface area contributed by atoms with Crippen LogP contribution in [0.1, 0.15) is 28.4 Å². The van der Waals surface area contributed by atoms with E-state index in [9.17, 15) is 4.79 Å². The van der Waals surface area contributed by atoms with E-state index in [4.69, 9.17) is 16.3 Å². The average molecular weight is 367 g/mol. The zero-order chi connectivity index (χ0) is 14.8. The maximum absolute atomic E-state index is 12.4. The number of benzene rings is 2. The lowest BCUT2D eigenvalue weighted by atomic mass is 10.00. The first-order chi connectivity index (χ1) is 10.1. The van der Waals surface area contributed by atoms with Crippen molar-refractivity contribution >= 4 is 33.4 Å². The monoisotopic (exact) mass is 365 g/mol. The quantitative estimate of drug-likeness (QED) is 0.858. The number of amides is 1. The van der Waals surface area contributed by atoms with Gasteiger partial charge in [-0.15, -0.1) is 0 Å². The Labute approximate surface area is 136 Å². The van der Waals surface area contributed by atoms with Gasteiger partial charge in [0.2, 0.25) is 0 Å². The number of fused-ring (bicyclic) bond motifs is 1. The Balaban J connectivity index is 1.84. The van der Waals surface area contributed by atoms with Crippen LogP contribution in [0.4, 0.5) is 0 Å². The highest BCUT2D eigenvalue weighted by Crippen LogP contribution is 2.32. The number of ether oxygens (including phenoxy) is 1. The first-order valence-electron chi connectivity index (χ1n) is 6.63. The molecule has 0 saturated carbocycles. The Kier molecular flexibility index (Phi) is 4.17. The van der Waals surface area contributed by atoms with Crippen LogP contribution in [0, 0.1) is 0 Å². The Morgan fingerprint density at radius 2 is 2.10 bits per heavy atom. The lowest BCUT2D eigenvalue weighted by molar-refractivity contribution is 0.0925. The van der Waals surface area contributed by atoms with E-state index >= 15 is 0 Å². The van der Waals surface area contributed by atoms with Crippen molar-refractivity contribution in [3.05, 3.63) is 63.1 Å². The lowest BCUT2D eigenvalue weighted by Crippen LogP contribution is -2.32. The van der Waals surface area contributed by atoms with E-state index in [-0.39, 0.29) is 11.9 Å². The first kappa shape index (κ1) is 14.4. The molecule has 0 bridgehead atoms. The maximum atomic E-state index is 12.4. The molecule has 1 heterocycles. The van der Waals surface area contributed by atoms with Gasteiger partial charge < -0.3 is 10.1 Å². The van der Waals surface area contributed by atoms with Crippen LogP contribution < -0.4 is 10.1 Å². The molecule has 0 saturated heterocycles. The molecule has 3 nitrogen and oxygen atoms in total. The third-order valence-electron chi connectivity index (χ3n) is 3.44. The molecule has 1 amide bonds. The highest BCUT2D eigenvalue weighted by Gasteiger charge is 2.23. The number of rotatable bonds is 2. The minimum absolute atomic E-state index is 0.0579. The van der Waals surface area contributed by atoms with Crippen molar-refractivity contribution in [2.75, 3.05) is 6.61 Å². The lowest BCUT2D eigenvalue weighted by Gasteiger charge is -2.26. The van der Waals surface area contributed by atoms with E-state index in [0.717, 1.165) is 22.2 Å². The van der Waals surface area contributed by atoms with Crippen LogP contribution in [0.15, 0.2) is 46.9 Å². The van der Waals surface area contributed by atoms with Crippen LogP contribution >= 0.6 is 27.5 Å². The van der Waals surface area contributed by atoms with Crippen molar-refractivity contribution in [3.8, 4) is 5.75 Å². The van der Waals surface area contributed by atoms with Crippen LogP contribution in [0.2, 0.25) is 5.02 Å². The SMILES string of the molecule is O=C(N[C@@H]1CCOc2ccccc21)c1cc(Br)ccc1Cl. The summed E-state index contributed by atoms with van der Waals surface area (Å²) >= 11 is 9.46. The van der Waals surface area contributed by atoms with Crippen molar-refractivity contribution in [1.29, 1.82) is 0 Å². The highest BCUT2D eigenvalue weighted by atomic mass is 79.9. The molecule has 1 atom stereocenters. The van der Waals surface area contributed by atoms with Gasteiger partial charge in [-0.25, -0.2) is 0 Å². The molecular weight excluding hydrogens is 354 g/mol. The van der Waals surface area contributed by atoms with Crippen LogP contribution in [0.25, 0.3) is 0 Å². The molecule has 108 valence electrons. The number of carbonyl (C=O) groups excluding carboxylic acids is 1. The summed E-state index contributed by atoms with van der Waals surface area (Å²) in [4.78, 5) is 12.4. The smallest absolute Gasteiger partial charge is 0.253 e. The van der Waals surface area contributed by atoms with Gasteiger partial charge in [0.1, 0.15) is 5.75 Å². The van der Waals surface area contributed by atoms with Gasteiger partial charge in [-0.3, -0.25) is 4.79 Å². The zero-order valence-corrected chi connectivity index (χ0v) is 13.4. The van der Waals surface area contributed by atoms with Crippen molar-refractivity contribution < 1.29 is 9.53 Å². The van der Waals surface area contributed by atoms with Crippen molar-refractivity contribution in [2.24, 2.45) is 0 Å². The van der Waals surface area contributed by atoms with Gasteiger partial charge in [0.25, 0.3) is 5.91 Å². The van der Waals surface area contributed by atoms with E-state index in [2.05, 4.69) is 21.2 Å². The summed E-state index contributed by atoms with van der Waals surface area (Å²) < 4.78 is 6.42. The standard InChI is InChI=1S/C16H13BrClNO2/c17-10-5-6-13(18)12(9-10)16(20)19-14-7-8-21-15-4-2-1-3-11(14)15/h1-6,9,14H,7-8H2,(H,19,20)/t14-/m1/s1.